The molecule has 2 amide bonds. The minimum Gasteiger partial charge on any atom is -0.334 e. The second-order valence-corrected chi connectivity index (χ2v) is 7.12. The van der Waals surface area contributed by atoms with Crippen LogP contribution in [0.15, 0.2) is 48.7 Å². The van der Waals surface area contributed by atoms with Gasteiger partial charge in [-0.2, -0.15) is 0 Å². The maximum absolute atomic E-state index is 12.9. The molecule has 1 aromatic carbocycles. The highest BCUT2D eigenvalue weighted by Gasteiger charge is 2.32. The van der Waals surface area contributed by atoms with Gasteiger partial charge in [0.05, 0.1) is 6.20 Å². The standard InChI is InChI=1S/C20H25FN4O/c1-14-11-25(13-16-6-4-3-5-7-16)12-15(2)19(14)24-20(26)23-18-9-8-17(21)10-22-18/h3-10,14-15,19H,11-13H2,1-2H3,(H2,22,23,24,26). The molecule has 1 aliphatic heterocycles. The zero-order valence-electron chi connectivity index (χ0n) is 15.2. The number of halogens is 1. The summed E-state index contributed by atoms with van der Waals surface area (Å²) in [7, 11) is 0. The minimum absolute atomic E-state index is 0.0856. The van der Waals surface area contributed by atoms with Crippen LogP contribution in [0.5, 0.6) is 0 Å². The lowest BCUT2D eigenvalue weighted by atomic mass is 9.85. The number of hydrogen-bond acceptors (Lipinski definition) is 3. The van der Waals surface area contributed by atoms with E-state index in [0.29, 0.717) is 17.7 Å². The van der Waals surface area contributed by atoms with Gasteiger partial charge in [0.1, 0.15) is 11.6 Å². The summed E-state index contributed by atoms with van der Waals surface area (Å²) >= 11 is 0. The van der Waals surface area contributed by atoms with Gasteiger partial charge in [-0.15, -0.1) is 0 Å². The van der Waals surface area contributed by atoms with Crippen LogP contribution in [0.3, 0.4) is 0 Å². The van der Waals surface area contributed by atoms with E-state index in [1.807, 2.05) is 6.07 Å². The Labute approximate surface area is 153 Å². The molecule has 0 bridgehead atoms. The molecule has 0 aliphatic carbocycles. The third kappa shape index (κ3) is 4.79. The summed E-state index contributed by atoms with van der Waals surface area (Å²) in [5.74, 6) is 0.568. The van der Waals surface area contributed by atoms with Gasteiger partial charge in [-0.05, 0) is 29.5 Å². The van der Waals surface area contributed by atoms with Crippen LogP contribution in [-0.4, -0.2) is 35.0 Å². The highest BCUT2D eigenvalue weighted by atomic mass is 19.1. The number of aromatic nitrogens is 1. The van der Waals surface area contributed by atoms with Crippen molar-refractivity contribution in [1.29, 1.82) is 0 Å². The van der Waals surface area contributed by atoms with Crippen molar-refractivity contribution in [2.45, 2.75) is 26.4 Å². The van der Waals surface area contributed by atoms with Crippen molar-refractivity contribution < 1.29 is 9.18 Å². The molecule has 1 aliphatic rings. The van der Waals surface area contributed by atoms with Crippen LogP contribution in [0.4, 0.5) is 15.0 Å². The Hall–Kier alpha value is -2.47. The normalized spacial score (nSPS) is 23.4. The zero-order valence-corrected chi connectivity index (χ0v) is 15.2. The Morgan fingerprint density at radius 3 is 2.46 bits per heavy atom. The molecule has 0 spiro atoms. The lowest BCUT2D eigenvalue weighted by molar-refractivity contribution is 0.0994. The SMILES string of the molecule is CC1CN(Cc2ccccc2)CC(C)C1NC(=O)Nc1ccc(F)cn1. The van der Waals surface area contributed by atoms with E-state index in [4.69, 9.17) is 0 Å². The fourth-order valence-electron chi connectivity index (χ4n) is 3.69. The molecule has 26 heavy (non-hydrogen) atoms. The zero-order chi connectivity index (χ0) is 18.5. The van der Waals surface area contributed by atoms with Crippen LogP contribution >= 0.6 is 0 Å². The van der Waals surface area contributed by atoms with E-state index in [1.165, 1.54) is 17.7 Å². The monoisotopic (exact) mass is 356 g/mol. The topological polar surface area (TPSA) is 57.3 Å². The first kappa shape index (κ1) is 18.3. The number of carbonyl (C=O) groups is 1. The molecule has 6 heteroatoms. The number of urea groups is 1. The fraction of sp³-hybridized carbons (Fsp3) is 0.400. The van der Waals surface area contributed by atoms with E-state index in [9.17, 15) is 9.18 Å². The van der Waals surface area contributed by atoms with Gasteiger partial charge in [0.15, 0.2) is 0 Å². The van der Waals surface area contributed by atoms with E-state index in [1.54, 1.807) is 0 Å². The number of rotatable bonds is 4. The molecule has 2 aromatic rings. The Morgan fingerprint density at radius 1 is 1.15 bits per heavy atom. The van der Waals surface area contributed by atoms with Crippen molar-refractivity contribution in [2.75, 3.05) is 18.4 Å². The molecule has 1 fully saturated rings. The van der Waals surface area contributed by atoms with Gasteiger partial charge in [0.25, 0.3) is 0 Å². The molecule has 2 atom stereocenters. The first-order valence-electron chi connectivity index (χ1n) is 8.96. The molecule has 3 rings (SSSR count). The van der Waals surface area contributed by atoms with Gasteiger partial charge in [-0.25, -0.2) is 14.2 Å². The second-order valence-electron chi connectivity index (χ2n) is 7.12. The highest BCUT2D eigenvalue weighted by Crippen LogP contribution is 2.23. The summed E-state index contributed by atoms with van der Waals surface area (Å²) in [5.41, 5.74) is 1.30. The average molecular weight is 356 g/mol. The Bertz CT molecular complexity index is 710. The molecule has 1 aromatic heterocycles. The molecule has 5 nitrogen and oxygen atoms in total. The van der Waals surface area contributed by atoms with E-state index in [-0.39, 0.29) is 12.1 Å². The van der Waals surface area contributed by atoms with Crippen molar-refractivity contribution in [2.24, 2.45) is 11.8 Å². The van der Waals surface area contributed by atoms with Crippen LogP contribution in [0, 0.1) is 17.7 Å². The van der Waals surface area contributed by atoms with Crippen LogP contribution < -0.4 is 10.6 Å². The number of anilines is 1. The summed E-state index contributed by atoms with van der Waals surface area (Å²) < 4.78 is 12.9. The Balaban J connectivity index is 1.54. The third-order valence-corrected chi connectivity index (χ3v) is 4.83. The molecule has 2 heterocycles. The summed E-state index contributed by atoms with van der Waals surface area (Å²) in [6, 6.07) is 12.9. The summed E-state index contributed by atoms with van der Waals surface area (Å²) in [4.78, 5) is 18.5. The number of benzene rings is 1. The Kier molecular flexibility index (Phi) is 5.83. The summed E-state index contributed by atoms with van der Waals surface area (Å²) in [5, 5.41) is 5.72. The van der Waals surface area contributed by atoms with Crippen molar-refractivity contribution in [3.63, 3.8) is 0 Å². The number of pyridine rings is 1. The molecular formula is C20H25FN4O. The van der Waals surface area contributed by atoms with Crippen LogP contribution in [0.1, 0.15) is 19.4 Å². The third-order valence-electron chi connectivity index (χ3n) is 4.83. The van der Waals surface area contributed by atoms with Crippen molar-refractivity contribution in [3.05, 3.63) is 60.0 Å². The molecule has 0 saturated carbocycles. The predicted molar refractivity (Wildman–Crippen MR) is 100 cm³/mol. The van der Waals surface area contributed by atoms with Crippen LogP contribution in [-0.2, 0) is 6.54 Å². The molecule has 0 radical (unpaired) electrons. The number of piperidine rings is 1. The average Bonchev–Trinajstić information content (AvgIpc) is 2.61. The molecular weight excluding hydrogens is 331 g/mol. The van der Waals surface area contributed by atoms with E-state index in [0.717, 1.165) is 25.8 Å². The van der Waals surface area contributed by atoms with Gasteiger partial charge >= 0.3 is 6.03 Å². The quantitative estimate of drug-likeness (QED) is 0.882. The minimum atomic E-state index is -0.427. The maximum atomic E-state index is 12.9. The number of carbonyl (C=O) groups excluding carboxylic acids is 1. The first-order chi connectivity index (χ1) is 12.5. The van der Waals surface area contributed by atoms with Crippen LogP contribution in [0.25, 0.3) is 0 Å². The number of nitrogens with zero attached hydrogens (tertiary/aromatic N) is 2. The van der Waals surface area contributed by atoms with Crippen molar-refractivity contribution >= 4 is 11.8 Å². The number of amides is 2. The van der Waals surface area contributed by atoms with E-state index < -0.39 is 5.82 Å². The lowest BCUT2D eigenvalue weighted by Gasteiger charge is -2.41. The first-order valence-corrected chi connectivity index (χ1v) is 8.96. The van der Waals surface area contributed by atoms with E-state index in [2.05, 4.69) is 58.6 Å². The van der Waals surface area contributed by atoms with Gasteiger partial charge in [-0.3, -0.25) is 10.2 Å². The fourth-order valence-corrected chi connectivity index (χ4v) is 3.69. The molecule has 2 N–H and O–H groups in total. The van der Waals surface area contributed by atoms with Gasteiger partial charge in [0.2, 0.25) is 0 Å². The summed E-state index contributed by atoms with van der Waals surface area (Å²) in [6.07, 6.45) is 1.09. The van der Waals surface area contributed by atoms with E-state index >= 15 is 0 Å². The Morgan fingerprint density at radius 2 is 1.85 bits per heavy atom. The van der Waals surface area contributed by atoms with Gasteiger partial charge in [-0.1, -0.05) is 44.2 Å². The second kappa shape index (κ2) is 8.27. The largest absolute Gasteiger partial charge is 0.334 e. The van der Waals surface area contributed by atoms with Gasteiger partial charge < -0.3 is 5.32 Å². The van der Waals surface area contributed by atoms with Gasteiger partial charge in [0, 0.05) is 25.7 Å². The van der Waals surface area contributed by atoms with Crippen LogP contribution in [0.2, 0.25) is 0 Å². The van der Waals surface area contributed by atoms with Crippen molar-refractivity contribution in [1.82, 2.24) is 15.2 Å². The highest BCUT2D eigenvalue weighted by molar-refractivity contribution is 5.88. The predicted octanol–water partition coefficient (Wildman–Crippen LogP) is 3.50. The number of nitrogens with one attached hydrogen (secondary N) is 2. The maximum Gasteiger partial charge on any atom is 0.320 e. The van der Waals surface area contributed by atoms with Crippen molar-refractivity contribution in [3.8, 4) is 0 Å². The summed E-state index contributed by atoms with van der Waals surface area (Å²) in [6.45, 7) is 7.11. The number of hydrogen-bond donors (Lipinski definition) is 2. The lowest BCUT2D eigenvalue weighted by Crippen LogP contribution is -2.55. The number of likely N-dealkylation sites (tertiary alicyclic amines) is 1. The molecule has 2 unspecified atom stereocenters. The molecule has 1 saturated heterocycles. The molecule has 138 valence electrons. The smallest absolute Gasteiger partial charge is 0.320 e.